The number of aliphatic hydroxyl groups is 1. The summed E-state index contributed by atoms with van der Waals surface area (Å²) in [5, 5.41) is 29.2. The first kappa shape index (κ1) is 19.9. The number of hydrogen-bond donors (Lipinski definition) is 2. The van der Waals surface area contributed by atoms with Crippen LogP contribution >= 0.6 is 11.8 Å². The van der Waals surface area contributed by atoms with Crippen molar-refractivity contribution < 1.29 is 19.0 Å². The molecule has 0 amide bonds. The highest BCUT2D eigenvalue weighted by Crippen LogP contribution is 2.36. The fourth-order valence-corrected chi connectivity index (χ4v) is 3.56. The minimum absolute atomic E-state index is 0.00980. The van der Waals surface area contributed by atoms with Crippen LogP contribution in [0.3, 0.4) is 0 Å². The van der Waals surface area contributed by atoms with E-state index in [2.05, 4.69) is 11.1 Å². The maximum absolute atomic E-state index is 12.6. The van der Waals surface area contributed by atoms with Crippen LogP contribution in [0.2, 0.25) is 0 Å². The number of alkyl halides is 1. The lowest BCUT2D eigenvalue weighted by molar-refractivity contribution is 0.0733. The van der Waals surface area contributed by atoms with Gasteiger partial charge in [0.1, 0.15) is 46.5 Å². The molecule has 3 N–H and O–H groups in total. The summed E-state index contributed by atoms with van der Waals surface area (Å²) in [7, 11) is 0. The van der Waals surface area contributed by atoms with E-state index in [-0.39, 0.29) is 29.3 Å². The molecule has 0 saturated carbocycles. The van der Waals surface area contributed by atoms with Crippen molar-refractivity contribution in [3.8, 4) is 29.0 Å². The number of benzene rings is 1. The number of hydrogen-bond acceptors (Lipinski definition) is 8. The van der Waals surface area contributed by atoms with Crippen LogP contribution in [0, 0.1) is 22.7 Å². The smallest absolute Gasteiger partial charge is 0.150 e. The Morgan fingerprint density at radius 2 is 1.96 bits per heavy atom. The quantitative estimate of drug-likeness (QED) is 0.708. The van der Waals surface area contributed by atoms with E-state index in [1.54, 1.807) is 24.3 Å². The number of halogens is 1. The lowest BCUT2D eigenvalue weighted by Gasteiger charge is -2.16. The number of nitrogens with zero attached hydrogens (tertiary/aromatic N) is 3. The van der Waals surface area contributed by atoms with E-state index in [4.69, 9.17) is 15.2 Å². The minimum atomic E-state index is -0.690. The number of aromatic nitrogens is 1. The van der Waals surface area contributed by atoms with Crippen molar-refractivity contribution in [3.05, 3.63) is 35.4 Å². The Hall–Kier alpha value is -2.85. The lowest BCUT2D eigenvalue weighted by atomic mass is 9.97. The molecule has 1 aromatic carbocycles. The van der Waals surface area contributed by atoms with Gasteiger partial charge in [-0.15, -0.1) is 11.8 Å². The van der Waals surface area contributed by atoms with Crippen LogP contribution in [0.4, 0.5) is 10.2 Å². The number of aliphatic hydroxyl groups excluding tert-OH is 1. The van der Waals surface area contributed by atoms with Gasteiger partial charge in [0.05, 0.1) is 25.5 Å². The highest BCUT2D eigenvalue weighted by atomic mass is 32.2. The van der Waals surface area contributed by atoms with Crippen molar-refractivity contribution in [1.82, 2.24) is 4.98 Å². The molecule has 1 aromatic heterocycles. The predicted molar refractivity (Wildman–Crippen MR) is 101 cm³/mol. The van der Waals surface area contributed by atoms with Crippen LogP contribution in [0.15, 0.2) is 29.3 Å². The maximum Gasteiger partial charge on any atom is 0.150 e. The van der Waals surface area contributed by atoms with Crippen LogP contribution in [-0.4, -0.2) is 47.9 Å². The molecular formula is C19H17FN4O3S. The number of ether oxygens (including phenoxy) is 2. The molecule has 1 aliphatic heterocycles. The van der Waals surface area contributed by atoms with Gasteiger partial charge in [-0.3, -0.25) is 4.39 Å². The maximum atomic E-state index is 12.6. The van der Waals surface area contributed by atoms with E-state index >= 15 is 0 Å². The molecule has 3 rings (SSSR count). The summed E-state index contributed by atoms with van der Waals surface area (Å²) in [6.07, 6.45) is -1.14. The van der Waals surface area contributed by atoms with Gasteiger partial charge in [-0.2, -0.15) is 10.5 Å². The van der Waals surface area contributed by atoms with Crippen molar-refractivity contribution in [2.24, 2.45) is 0 Å². The summed E-state index contributed by atoms with van der Waals surface area (Å²) in [6, 6.07) is 10.8. The van der Waals surface area contributed by atoms with Gasteiger partial charge in [0.25, 0.3) is 0 Å². The molecule has 1 aliphatic rings. The number of nitriles is 2. The molecule has 2 atom stereocenters. The lowest BCUT2D eigenvalue weighted by Crippen LogP contribution is -2.29. The Balaban J connectivity index is 1.98. The zero-order valence-corrected chi connectivity index (χ0v) is 15.6. The average molecular weight is 400 g/mol. The molecule has 0 spiro atoms. The third kappa shape index (κ3) is 4.02. The van der Waals surface area contributed by atoms with Crippen LogP contribution in [0.25, 0.3) is 11.1 Å². The molecule has 0 aliphatic carbocycles. The fraction of sp³-hybridized carbons (Fsp3) is 0.316. The largest absolute Gasteiger partial charge is 0.485 e. The summed E-state index contributed by atoms with van der Waals surface area (Å²) >= 11 is 1.07. The van der Waals surface area contributed by atoms with Crippen LogP contribution in [-0.2, 0) is 4.74 Å². The second-order valence-electron chi connectivity index (χ2n) is 5.97. The third-order valence-electron chi connectivity index (χ3n) is 4.16. The fourth-order valence-electron chi connectivity index (χ4n) is 2.84. The van der Waals surface area contributed by atoms with Crippen molar-refractivity contribution in [2.75, 3.05) is 31.4 Å². The monoisotopic (exact) mass is 400 g/mol. The molecule has 0 radical (unpaired) electrons. The van der Waals surface area contributed by atoms with Gasteiger partial charge in [-0.25, -0.2) is 4.98 Å². The molecule has 1 fully saturated rings. The Labute approximate surface area is 165 Å². The van der Waals surface area contributed by atoms with Gasteiger partial charge in [0, 0.05) is 11.3 Å². The Kier molecular flexibility index (Phi) is 6.32. The molecular weight excluding hydrogens is 383 g/mol. The van der Waals surface area contributed by atoms with E-state index < -0.39 is 18.9 Å². The molecule has 1 saturated heterocycles. The van der Waals surface area contributed by atoms with Crippen molar-refractivity contribution in [2.45, 2.75) is 17.2 Å². The molecule has 0 unspecified atom stereocenters. The second kappa shape index (κ2) is 8.89. The molecule has 9 heteroatoms. The van der Waals surface area contributed by atoms with Gasteiger partial charge in [-0.1, -0.05) is 12.1 Å². The van der Waals surface area contributed by atoms with Gasteiger partial charge >= 0.3 is 0 Å². The molecule has 28 heavy (non-hydrogen) atoms. The van der Waals surface area contributed by atoms with Crippen molar-refractivity contribution in [1.29, 1.82) is 10.5 Å². The molecule has 2 heterocycles. The summed E-state index contributed by atoms with van der Waals surface area (Å²) in [5.74, 6) is 0.638. The standard InChI is InChI=1S/C19H17FN4O3S/c20-5-6-28-19-14(8-22)17(13(7-21)18(23)24-19)11-1-3-12(4-2-11)27-16-10-26-9-15(16)25/h1-4,15-16,25H,5-6,9-10H2,(H2,23,24)/t15-,16-/m1/s1. The van der Waals surface area contributed by atoms with Crippen LogP contribution in [0.1, 0.15) is 11.1 Å². The van der Waals surface area contributed by atoms with Crippen LogP contribution < -0.4 is 10.5 Å². The summed E-state index contributed by atoms with van der Waals surface area (Å²) in [6.45, 7) is -0.0409. The van der Waals surface area contributed by atoms with Gasteiger partial charge in [0.15, 0.2) is 0 Å². The zero-order chi connectivity index (χ0) is 20.1. The number of thioether (sulfide) groups is 1. The Morgan fingerprint density at radius 3 is 2.54 bits per heavy atom. The molecule has 0 bridgehead atoms. The third-order valence-corrected chi connectivity index (χ3v) is 5.09. The number of rotatable bonds is 6. The second-order valence-corrected chi connectivity index (χ2v) is 7.06. The first-order chi connectivity index (χ1) is 13.6. The van der Waals surface area contributed by atoms with E-state index in [1.807, 2.05) is 6.07 Å². The summed E-state index contributed by atoms with van der Waals surface area (Å²) in [4.78, 5) is 4.10. The Morgan fingerprint density at radius 1 is 1.25 bits per heavy atom. The number of pyridine rings is 1. The number of nitrogen functional groups attached to an aromatic ring is 1. The molecule has 144 valence electrons. The first-order valence-corrected chi connectivity index (χ1v) is 9.43. The predicted octanol–water partition coefficient (Wildman–Crippen LogP) is 2.27. The highest BCUT2D eigenvalue weighted by molar-refractivity contribution is 7.99. The van der Waals surface area contributed by atoms with Crippen molar-refractivity contribution >= 4 is 17.6 Å². The first-order valence-electron chi connectivity index (χ1n) is 8.44. The number of anilines is 1. The van der Waals surface area contributed by atoms with E-state index in [9.17, 15) is 20.0 Å². The van der Waals surface area contributed by atoms with Gasteiger partial charge in [0.2, 0.25) is 0 Å². The van der Waals surface area contributed by atoms with E-state index in [0.29, 0.717) is 28.5 Å². The zero-order valence-electron chi connectivity index (χ0n) is 14.8. The molecule has 7 nitrogen and oxygen atoms in total. The van der Waals surface area contributed by atoms with E-state index in [1.165, 1.54) is 0 Å². The summed E-state index contributed by atoms with van der Waals surface area (Å²) < 4.78 is 23.4. The number of nitrogens with two attached hydrogens (primary N) is 1. The molecule has 2 aromatic rings. The van der Waals surface area contributed by atoms with Gasteiger partial charge in [-0.05, 0) is 17.7 Å². The Bertz CT molecular complexity index is 940. The summed E-state index contributed by atoms with van der Waals surface area (Å²) in [5.41, 5.74) is 7.11. The SMILES string of the molecule is N#Cc1c(N)nc(SCCF)c(C#N)c1-c1ccc(O[C@@H]2COC[C@H]2O)cc1. The average Bonchev–Trinajstić information content (AvgIpc) is 3.11. The highest BCUT2D eigenvalue weighted by Gasteiger charge is 2.28. The topological polar surface area (TPSA) is 125 Å². The van der Waals surface area contributed by atoms with E-state index in [0.717, 1.165) is 11.8 Å². The van der Waals surface area contributed by atoms with Crippen molar-refractivity contribution in [3.63, 3.8) is 0 Å². The van der Waals surface area contributed by atoms with Gasteiger partial charge < -0.3 is 20.3 Å². The minimum Gasteiger partial charge on any atom is -0.485 e. The normalized spacial score (nSPS) is 18.4. The van der Waals surface area contributed by atoms with Crippen LogP contribution in [0.5, 0.6) is 5.75 Å².